The lowest BCUT2D eigenvalue weighted by molar-refractivity contribution is -0.112. The molecule has 1 unspecified atom stereocenters. The van der Waals surface area contributed by atoms with Crippen molar-refractivity contribution in [3.63, 3.8) is 0 Å². The van der Waals surface area contributed by atoms with Crippen molar-refractivity contribution in [1.29, 1.82) is 0 Å². The van der Waals surface area contributed by atoms with Gasteiger partial charge in [0.1, 0.15) is 17.3 Å². The monoisotopic (exact) mass is 306 g/mol. The van der Waals surface area contributed by atoms with Gasteiger partial charge in [-0.15, -0.1) is 11.3 Å². The average molecular weight is 307 g/mol. The van der Waals surface area contributed by atoms with Crippen molar-refractivity contribution in [3.8, 4) is 11.3 Å². The van der Waals surface area contributed by atoms with Crippen LogP contribution in [0.15, 0.2) is 29.6 Å². The molecule has 1 aromatic heterocycles. The van der Waals surface area contributed by atoms with E-state index in [9.17, 15) is 4.79 Å². The van der Waals surface area contributed by atoms with Gasteiger partial charge in [0.2, 0.25) is 0 Å². The fraction of sp³-hybridized carbons (Fsp3) is 0.333. The van der Waals surface area contributed by atoms with Crippen LogP contribution in [-0.4, -0.2) is 29.3 Å². The summed E-state index contributed by atoms with van der Waals surface area (Å²) in [6.45, 7) is 1.97. The van der Waals surface area contributed by atoms with Crippen LogP contribution in [0.5, 0.6) is 0 Å². The Morgan fingerprint density at radius 3 is 2.60 bits per heavy atom. The van der Waals surface area contributed by atoms with Crippen LogP contribution in [0.2, 0.25) is 5.02 Å². The average Bonchev–Trinajstić information content (AvgIpc) is 3.12. The molecule has 1 aliphatic rings. The van der Waals surface area contributed by atoms with E-state index >= 15 is 0 Å². The summed E-state index contributed by atoms with van der Waals surface area (Å²) < 4.78 is 0. The van der Waals surface area contributed by atoms with Gasteiger partial charge in [0, 0.05) is 16.0 Å². The molecule has 3 rings (SSSR count). The third-order valence-corrected chi connectivity index (χ3v) is 4.75. The van der Waals surface area contributed by atoms with Crippen LogP contribution in [0.1, 0.15) is 23.9 Å². The number of hydrogen-bond acceptors (Lipinski definition) is 4. The Balaban J connectivity index is 1.85. The first-order chi connectivity index (χ1) is 9.78. The number of carbonyl (C=O) groups is 1. The van der Waals surface area contributed by atoms with Gasteiger partial charge in [0.25, 0.3) is 0 Å². The first kappa shape index (κ1) is 13.7. The summed E-state index contributed by atoms with van der Waals surface area (Å²) in [6, 6.07) is 7.42. The van der Waals surface area contributed by atoms with Crippen LogP contribution >= 0.6 is 22.9 Å². The summed E-state index contributed by atoms with van der Waals surface area (Å²) in [5, 5.41) is 3.60. The van der Waals surface area contributed by atoms with Crippen LogP contribution in [0, 0.1) is 0 Å². The van der Waals surface area contributed by atoms with E-state index < -0.39 is 0 Å². The van der Waals surface area contributed by atoms with E-state index in [0.717, 1.165) is 35.6 Å². The molecule has 1 fully saturated rings. The number of aromatic nitrogens is 1. The molecule has 1 aliphatic heterocycles. The first-order valence-corrected chi connectivity index (χ1v) is 7.94. The van der Waals surface area contributed by atoms with Crippen LogP contribution in [0.3, 0.4) is 0 Å². The van der Waals surface area contributed by atoms with Gasteiger partial charge in [0.05, 0.1) is 5.69 Å². The van der Waals surface area contributed by atoms with Crippen molar-refractivity contribution in [2.24, 2.45) is 0 Å². The van der Waals surface area contributed by atoms with Crippen LogP contribution in [0.4, 0.5) is 0 Å². The standard InChI is InChI=1S/C15H15ClN2OS/c16-12-5-3-11(4-6-12)13-10-20-15(17-13)14(9-19)18-7-1-2-8-18/h3-6,9-10,14H,1-2,7-8H2. The summed E-state index contributed by atoms with van der Waals surface area (Å²) in [6.07, 6.45) is 3.34. The van der Waals surface area contributed by atoms with E-state index in [4.69, 9.17) is 11.6 Å². The van der Waals surface area contributed by atoms with Crippen molar-refractivity contribution >= 4 is 29.2 Å². The predicted octanol–water partition coefficient (Wildman–Crippen LogP) is 3.80. The highest BCUT2D eigenvalue weighted by molar-refractivity contribution is 7.10. The smallest absolute Gasteiger partial charge is 0.144 e. The Morgan fingerprint density at radius 1 is 1.25 bits per heavy atom. The molecule has 0 N–H and O–H groups in total. The lowest BCUT2D eigenvalue weighted by Crippen LogP contribution is -2.26. The fourth-order valence-corrected chi connectivity index (χ4v) is 3.54. The topological polar surface area (TPSA) is 33.2 Å². The van der Waals surface area contributed by atoms with Crippen molar-refractivity contribution in [2.45, 2.75) is 18.9 Å². The van der Waals surface area contributed by atoms with Crippen molar-refractivity contribution < 1.29 is 4.79 Å². The molecule has 0 radical (unpaired) electrons. The summed E-state index contributed by atoms with van der Waals surface area (Å²) in [7, 11) is 0. The van der Waals surface area contributed by atoms with Gasteiger partial charge in [-0.05, 0) is 38.1 Å². The lowest BCUT2D eigenvalue weighted by Gasteiger charge is -2.19. The van der Waals surface area contributed by atoms with Crippen molar-refractivity contribution in [3.05, 3.63) is 39.7 Å². The number of rotatable bonds is 4. The van der Waals surface area contributed by atoms with Gasteiger partial charge in [-0.3, -0.25) is 4.90 Å². The highest BCUT2D eigenvalue weighted by Crippen LogP contribution is 2.30. The zero-order valence-electron chi connectivity index (χ0n) is 11.0. The van der Waals surface area contributed by atoms with E-state index in [1.165, 1.54) is 12.8 Å². The Morgan fingerprint density at radius 2 is 1.95 bits per heavy atom. The highest BCUT2D eigenvalue weighted by atomic mass is 35.5. The molecular formula is C15H15ClN2OS. The number of carbonyl (C=O) groups excluding carboxylic acids is 1. The van der Waals surface area contributed by atoms with E-state index in [0.29, 0.717) is 5.02 Å². The molecule has 1 atom stereocenters. The van der Waals surface area contributed by atoms with Gasteiger partial charge in [0.15, 0.2) is 0 Å². The molecule has 3 nitrogen and oxygen atoms in total. The third kappa shape index (κ3) is 2.77. The molecule has 0 saturated carbocycles. The Hall–Kier alpha value is -1.23. The number of benzene rings is 1. The zero-order valence-corrected chi connectivity index (χ0v) is 12.5. The molecule has 0 aliphatic carbocycles. The normalized spacial score (nSPS) is 17.2. The SMILES string of the molecule is O=CC(c1nc(-c2ccc(Cl)cc2)cs1)N1CCCC1. The molecule has 2 aromatic rings. The molecule has 2 heterocycles. The minimum Gasteiger partial charge on any atom is -0.301 e. The summed E-state index contributed by atoms with van der Waals surface area (Å²) in [5.41, 5.74) is 1.94. The second-order valence-electron chi connectivity index (χ2n) is 4.90. The largest absolute Gasteiger partial charge is 0.301 e. The molecule has 20 heavy (non-hydrogen) atoms. The van der Waals surface area contributed by atoms with E-state index in [1.807, 2.05) is 29.6 Å². The van der Waals surface area contributed by atoms with Crippen LogP contribution in [-0.2, 0) is 4.79 Å². The number of hydrogen-bond donors (Lipinski definition) is 0. The molecule has 0 spiro atoms. The zero-order chi connectivity index (χ0) is 13.9. The van der Waals surface area contributed by atoms with Crippen molar-refractivity contribution in [1.82, 2.24) is 9.88 Å². The van der Waals surface area contributed by atoms with Crippen LogP contribution < -0.4 is 0 Å². The summed E-state index contributed by atoms with van der Waals surface area (Å²) >= 11 is 7.44. The highest BCUT2D eigenvalue weighted by Gasteiger charge is 2.25. The second-order valence-corrected chi connectivity index (χ2v) is 6.23. The van der Waals surface area contributed by atoms with Crippen molar-refractivity contribution in [2.75, 3.05) is 13.1 Å². The maximum atomic E-state index is 11.4. The minimum atomic E-state index is -0.191. The molecule has 104 valence electrons. The fourth-order valence-electron chi connectivity index (χ4n) is 2.50. The number of aldehydes is 1. The van der Waals surface area contributed by atoms with Crippen LogP contribution in [0.25, 0.3) is 11.3 Å². The van der Waals surface area contributed by atoms with Gasteiger partial charge in [-0.25, -0.2) is 4.98 Å². The quantitative estimate of drug-likeness (QED) is 0.806. The van der Waals surface area contributed by atoms with E-state index in [2.05, 4.69) is 9.88 Å². The lowest BCUT2D eigenvalue weighted by atomic mass is 10.2. The minimum absolute atomic E-state index is 0.191. The Labute approximate surface area is 127 Å². The molecule has 1 saturated heterocycles. The number of halogens is 1. The first-order valence-electron chi connectivity index (χ1n) is 6.68. The predicted molar refractivity (Wildman–Crippen MR) is 82.2 cm³/mol. The Kier molecular flexibility index (Phi) is 4.15. The van der Waals surface area contributed by atoms with E-state index in [1.54, 1.807) is 11.3 Å². The molecular weight excluding hydrogens is 292 g/mol. The van der Waals surface area contributed by atoms with E-state index in [-0.39, 0.29) is 6.04 Å². The number of nitrogens with zero attached hydrogens (tertiary/aromatic N) is 2. The summed E-state index contributed by atoms with van der Waals surface area (Å²) in [5.74, 6) is 0. The maximum absolute atomic E-state index is 11.4. The van der Waals surface area contributed by atoms with Gasteiger partial charge >= 0.3 is 0 Å². The van der Waals surface area contributed by atoms with Gasteiger partial charge in [-0.1, -0.05) is 23.7 Å². The molecule has 0 amide bonds. The number of likely N-dealkylation sites (tertiary alicyclic amines) is 1. The molecule has 1 aromatic carbocycles. The Bertz CT molecular complexity index is 590. The van der Waals surface area contributed by atoms with Gasteiger partial charge < -0.3 is 4.79 Å². The third-order valence-electron chi connectivity index (χ3n) is 3.58. The van der Waals surface area contributed by atoms with Gasteiger partial charge in [-0.2, -0.15) is 0 Å². The molecule has 0 bridgehead atoms. The number of thiazole rings is 1. The maximum Gasteiger partial charge on any atom is 0.144 e. The summed E-state index contributed by atoms with van der Waals surface area (Å²) in [4.78, 5) is 18.2. The second kappa shape index (κ2) is 6.04. The molecule has 5 heteroatoms.